The van der Waals surface area contributed by atoms with E-state index < -0.39 is 0 Å². The first kappa shape index (κ1) is 13.6. The second-order valence-corrected chi connectivity index (χ2v) is 3.63. The van der Waals surface area contributed by atoms with Gasteiger partial charge in [-0.05, 0) is 44.9 Å². The van der Waals surface area contributed by atoms with Crippen LogP contribution in [-0.4, -0.2) is 12.8 Å². The Morgan fingerprint density at radius 1 is 1.20 bits per heavy atom. The molecule has 0 unspecified atom stereocenters. The largest absolute Gasteiger partial charge is 0.293 e. The Bertz CT molecular complexity index is 344. The molecule has 0 amide bonds. The lowest BCUT2D eigenvalue weighted by Gasteiger charge is -2.01. The molecule has 15 heavy (non-hydrogen) atoms. The van der Waals surface area contributed by atoms with Crippen molar-refractivity contribution in [2.75, 3.05) is 7.05 Å². The molecule has 0 saturated heterocycles. The van der Waals surface area contributed by atoms with Gasteiger partial charge in [0.25, 0.3) is 0 Å². The van der Waals surface area contributed by atoms with Crippen LogP contribution < -0.4 is 0 Å². The minimum atomic E-state index is 0. The normalized spacial score (nSPS) is 14.9. The summed E-state index contributed by atoms with van der Waals surface area (Å²) in [5.74, 6) is 0. The van der Waals surface area contributed by atoms with Crippen molar-refractivity contribution >= 4 is 5.71 Å². The molecule has 0 N–H and O–H groups in total. The van der Waals surface area contributed by atoms with Gasteiger partial charge in [-0.15, -0.1) is 0 Å². The fourth-order valence-corrected chi connectivity index (χ4v) is 1.17. The van der Waals surface area contributed by atoms with Crippen molar-refractivity contribution in [1.82, 2.24) is 0 Å². The zero-order chi connectivity index (χ0) is 11.8. The highest BCUT2D eigenvalue weighted by Crippen LogP contribution is 2.12. The molecule has 0 radical (unpaired) electrons. The average molecular weight is 205 g/mol. The minimum absolute atomic E-state index is 0. The van der Waals surface area contributed by atoms with E-state index in [0.29, 0.717) is 0 Å². The van der Waals surface area contributed by atoms with Gasteiger partial charge in [0.05, 0.1) is 0 Å². The van der Waals surface area contributed by atoms with Gasteiger partial charge in [0.2, 0.25) is 0 Å². The van der Waals surface area contributed by atoms with Gasteiger partial charge < -0.3 is 0 Å². The Hall–Kier alpha value is -1.37. The summed E-state index contributed by atoms with van der Waals surface area (Å²) in [6.07, 6.45) is 8.27. The first-order chi connectivity index (χ1) is 7.01. The van der Waals surface area contributed by atoms with Crippen molar-refractivity contribution in [2.24, 2.45) is 4.99 Å². The molecule has 1 nitrogen and oxygen atoms in total. The van der Waals surface area contributed by atoms with E-state index in [4.69, 9.17) is 0 Å². The molecule has 0 spiro atoms. The summed E-state index contributed by atoms with van der Waals surface area (Å²) < 4.78 is 0. The van der Waals surface area contributed by atoms with Gasteiger partial charge in [0.15, 0.2) is 0 Å². The maximum atomic E-state index is 4.10. The number of hydrogen-bond acceptors (Lipinski definition) is 1. The highest BCUT2D eigenvalue weighted by molar-refractivity contribution is 5.93. The van der Waals surface area contributed by atoms with Gasteiger partial charge in [-0.25, -0.2) is 0 Å². The third kappa shape index (κ3) is 5.84. The van der Waals surface area contributed by atoms with E-state index in [1.165, 1.54) is 5.57 Å². The van der Waals surface area contributed by atoms with Crippen molar-refractivity contribution < 1.29 is 1.43 Å². The van der Waals surface area contributed by atoms with Gasteiger partial charge in [-0.1, -0.05) is 30.4 Å². The molecular weight excluding hydrogens is 182 g/mol. The Morgan fingerprint density at radius 3 is 2.20 bits per heavy atom. The van der Waals surface area contributed by atoms with Gasteiger partial charge in [0.1, 0.15) is 0 Å². The van der Waals surface area contributed by atoms with Crippen LogP contribution in [0.5, 0.6) is 0 Å². The van der Waals surface area contributed by atoms with Crippen LogP contribution in [0, 0.1) is 0 Å². The SMILES string of the molecule is C=C(C)C(/C=C\C)=C/C(C)=C/C(C)=NC.[HH]. The second-order valence-electron chi connectivity index (χ2n) is 3.63. The van der Waals surface area contributed by atoms with Crippen LogP contribution in [0.2, 0.25) is 0 Å². The van der Waals surface area contributed by atoms with Crippen LogP contribution in [0.4, 0.5) is 0 Å². The summed E-state index contributed by atoms with van der Waals surface area (Å²) in [6.45, 7) is 12.0. The van der Waals surface area contributed by atoms with E-state index in [1.54, 1.807) is 7.05 Å². The predicted molar refractivity (Wildman–Crippen MR) is 72.6 cm³/mol. The van der Waals surface area contributed by atoms with Crippen LogP contribution in [-0.2, 0) is 0 Å². The third-order valence-electron chi connectivity index (χ3n) is 2.01. The molecule has 0 aliphatic rings. The number of aliphatic imine (C=N–C) groups is 1. The first-order valence-corrected chi connectivity index (χ1v) is 5.13. The van der Waals surface area contributed by atoms with Crippen LogP contribution in [0.1, 0.15) is 29.1 Å². The summed E-state index contributed by atoms with van der Waals surface area (Å²) in [6, 6.07) is 0. The van der Waals surface area contributed by atoms with Crippen molar-refractivity contribution in [3.8, 4) is 0 Å². The molecule has 0 atom stereocenters. The molecule has 0 aliphatic carbocycles. The van der Waals surface area contributed by atoms with E-state index in [0.717, 1.165) is 16.9 Å². The number of rotatable bonds is 4. The summed E-state index contributed by atoms with van der Waals surface area (Å²) >= 11 is 0. The Kier molecular flexibility index (Phi) is 6.35. The molecule has 0 aliphatic heterocycles. The Labute approximate surface area is 95.1 Å². The molecule has 0 heterocycles. The van der Waals surface area contributed by atoms with Gasteiger partial charge in [0, 0.05) is 14.2 Å². The standard InChI is InChI=1S/C14H21N.H2/c1-7-8-14(11(2)3)10-12(4)9-13(5)15-6;/h7-10H,2H2,1,3-6H3;1H/b8-7-,12-9+,14-10+,15-13?;. The van der Waals surface area contributed by atoms with Gasteiger partial charge in [-0.3, -0.25) is 4.99 Å². The lowest BCUT2D eigenvalue weighted by molar-refractivity contribution is 1.39. The smallest absolute Gasteiger partial charge is 0.0316 e. The molecule has 1 heteroatoms. The topological polar surface area (TPSA) is 12.4 Å². The zero-order valence-electron chi connectivity index (χ0n) is 10.5. The molecule has 0 bridgehead atoms. The summed E-state index contributed by atoms with van der Waals surface area (Å²) in [7, 11) is 1.80. The van der Waals surface area contributed by atoms with Crippen molar-refractivity contribution in [3.63, 3.8) is 0 Å². The van der Waals surface area contributed by atoms with Crippen molar-refractivity contribution in [1.29, 1.82) is 0 Å². The molecule has 0 fully saturated rings. The molecule has 0 aromatic heterocycles. The number of allylic oxidation sites excluding steroid dienone is 7. The molecule has 0 saturated carbocycles. The monoisotopic (exact) mass is 205 g/mol. The number of hydrogen-bond donors (Lipinski definition) is 0. The van der Waals surface area contributed by atoms with E-state index >= 15 is 0 Å². The first-order valence-electron chi connectivity index (χ1n) is 5.13. The summed E-state index contributed by atoms with van der Waals surface area (Å²) in [5.41, 5.74) is 4.46. The molecule has 0 rings (SSSR count). The fourth-order valence-electron chi connectivity index (χ4n) is 1.17. The van der Waals surface area contributed by atoms with Gasteiger partial charge in [-0.2, -0.15) is 0 Å². The van der Waals surface area contributed by atoms with E-state index in [-0.39, 0.29) is 1.43 Å². The summed E-state index contributed by atoms with van der Waals surface area (Å²) in [4.78, 5) is 4.10. The second kappa shape index (κ2) is 6.99. The summed E-state index contributed by atoms with van der Waals surface area (Å²) in [5, 5.41) is 0. The van der Waals surface area contributed by atoms with E-state index in [9.17, 15) is 0 Å². The van der Waals surface area contributed by atoms with E-state index in [2.05, 4.69) is 36.7 Å². The molecule has 84 valence electrons. The minimum Gasteiger partial charge on any atom is -0.293 e. The molecular formula is C14H23N. The third-order valence-corrected chi connectivity index (χ3v) is 2.01. The van der Waals surface area contributed by atoms with Crippen molar-refractivity contribution in [3.05, 3.63) is 47.6 Å². The molecule has 0 aromatic rings. The maximum Gasteiger partial charge on any atom is 0.0316 e. The van der Waals surface area contributed by atoms with Crippen LogP contribution in [0.3, 0.4) is 0 Å². The van der Waals surface area contributed by atoms with Gasteiger partial charge >= 0.3 is 0 Å². The fraction of sp³-hybridized carbons (Fsp3) is 0.357. The van der Waals surface area contributed by atoms with Crippen LogP contribution in [0.15, 0.2) is 52.6 Å². The average Bonchev–Trinajstić information content (AvgIpc) is 2.16. The maximum absolute atomic E-state index is 4.10. The quantitative estimate of drug-likeness (QED) is 0.478. The lowest BCUT2D eigenvalue weighted by Crippen LogP contribution is -1.87. The number of nitrogens with zero attached hydrogens (tertiary/aromatic N) is 1. The highest BCUT2D eigenvalue weighted by Gasteiger charge is 1.93. The van der Waals surface area contributed by atoms with Crippen molar-refractivity contribution in [2.45, 2.75) is 27.7 Å². The zero-order valence-corrected chi connectivity index (χ0v) is 10.5. The van der Waals surface area contributed by atoms with Crippen LogP contribution in [0.25, 0.3) is 0 Å². The van der Waals surface area contributed by atoms with Crippen LogP contribution >= 0.6 is 0 Å². The highest BCUT2D eigenvalue weighted by atomic mass is 14.7. The lowest BCUT2D eigenvalue weighted by atomic mass is 10.1. The Morgan fingerprint density at radius 2 is 1.80 bits per heavy atom. The molecule has 0 aromatic carbocycles. The van der Waals surface area contributed by atoms with E-state index in [1.807, 2.05) is 26.8 Å². The predicted octanol–water partition coefficient (Wildman–Crippen LogP) is 4.35. The Balaban J connectivity index is 0.